The van der Waals surface area contributed by atoms with E-state index in [-0.39, 0.29) is 10.9 Å². The van der Waals surface area contributed by atoms with Crippen LogP contribution in [0.5, 0.6) is 11.5 Å². The van der Waals surface area contributed by atoms with Gasteiger partial charge in [0.2, 0.25) is 0 Å². The second-order valence-corrected chi connectivity index (χ2v) is 16.0. The summed E-state index contributed by atoms with van der Waals surface area (Å²) in [5.41, 5.74) is 3.89. The van der Waals surface area contributed by atoms with Gasteiger partial charge in [0.05, 0.1) is 35.2 Å². The minimum absolute atomic E-state index is 0.0772. The zero-order valence-corrected chi connectivity index (χ0v) is 35.0. The zero-order valence-electron chi connectivity index (χ0n) is 35.0. The number of benzene rings is 10. The van der Waals surface area contributed by atoms with Gasteiger partial charge in [0.25, 0.3) is 0 Å². The van der Waals surface area contributed by atoms with Crippen molar-refractivity contribution in [1.82, 2.24) is 9.13 Å². The predicted octanol–water partition coefficient (Wildman–Crippen LogP) is 13.1. The Kier molecular flexibility index (Phi) is 10.0. The van der Waals surface area contributed by atoms with Crippen molar-refractivity contribution >= 4 is 86.7 Å². The van der Waals surface area contributed by atoms with Crippen molar-refractivity contribution in [3.8, 4) is 11.5 Å². The van der Waals surface area contributed by atoms with Gasteiger partial charge >= 0.3 is 0 Å². The Balaban J connectivity index is 0.000000143. The van der Waals surface area contributed by atoms with Crippen LogP contribution in [0, 0.1) is 0 Å². The lowest BCUT2D eigenvalue weighted by molar-refractivity contribution is 0.308. The summed E-state index contributed by atoms with van der Waals surface area (Å²) in [7, 11) is 0. The molecule has 0 fully saturated rings. The molecule has 0 amide bonds. The molecule has 0 saturated carbocycles. The average Bonchev–Trinajstić information content (AvgIpc) is 3.35. The highest BCUT2D eigenvalue weighted by molar-refractivity contribution is 6.06. The van der Waals surface area contributed by atoms with Crippen molar-refractivity contribution in [3.63, 3.8) is 0 Å². The Morgan fingerprint density at radius 3 is 0.812 bits per heavy atom. The summed E-state index contributed by atoms with van der Waals surface area (Å²) in [5, 5.41) is 12.1. The summed E-state index contributed by atoms with van der Waals surface area (Å²) in [5.74, 6) is 1.82. The molecule has 308 valence electrons. The van der Waals surface area contributed by atoms with Crippen molar-refractivity contribution in [2.75, 3.05) is 13.2 Å². The molecule has 0 aliphatic rings. The van der Waals surface area contributed by atoms with Gasteiger partial charge in [0.15, 0.2) is 10.9 Å². The van der Waals surface area contributed by atoms with Gasteiger partial charge in [-0.25, -0.2) is 0 Å². The van der Waals surface area contributed by atoms with E-state index in [1.165, 1.54) is 21.5 Å². The highest BCUT2D eigenvalue weighted by Crippen LogP contribution is 2.36. The van der Waals surface area contributed by atoms with E-state index in [0.29, 0.717) is 26.3 Å². The number of pyridine rings is 2. The van der Waals surface area contributed by atoms with Gasteiger partial charge < -0.3 is 18.6 Å². The lowest BCUT2D eigenvalue weighted by Crippen LogP contribution is -2.15. The molecule has 64 heavy (non-hydrogen) atoms. The molecule has 0 aliphatic heterocycles. The molecule has 0 unspecified atom stereocenters. The van der Waals surface area contributed by atoms with Crippen LogP contribution >= 0.6 is 0 Å². The van der Waals surface area contributed by atoms with Crippen molar-refractivity contribution in [2.24, 2.45) is 0 Å². The second-order valence-electron chi connectivity index (χ2n) is 16.0. The largest absolute Gasteiger partial charge is 0.490 e. The van der Waals surface area contributed by atoms with E-state index in [9.17, 15) is 9.59 Å². The van der Waals surface area contributed by atoms with Gasteiger partial charge in [0, 0.05) is 43.1 Å². The molecule has 10 aromatic carbocycles. The van der Waals surface area contributed by atoms with Crippen LogP contribution in [0.15, 0.2) is 216 Å². The minimum atomic E-state index is 0.0772. The monoisotopic (exact) mass is 830 g/mol. The lowest BCUT2D eigenvalue weighted by Gasteiger charge is -2.17. The molecular formula is C58H42N2O4. The summed E-state index contributed by atoms with van der Waals surface area (Å²) >= 11 is 0. The Morgan fingerprint density at radius 2 is 0.531 bits per heavy atom. The van der Waals surface area contributed by atoms with Gasteiger partial charge in [-0.2, -0.15) is 0 Å². The maximum absolute atomic E-state index is 13.0. The van der Waals surface area contributed by atoms with Crippen LogP contribution in [0.3, 0.4) is 0 Å². The number of rotatable bonds is 8. The van der Waals surface area contributed by atoms with E-state index in [1.54, 1.807) is 0 Å². The Hall–Kier alpha value is -8.22. The molecule has 0 saturated heterocycles. The first-order valence-electron chi connectivity index (χ1n) is 21.7. The third-order valence-corrected chi connectivity index (χ3v) is 12.3. The number of aromatic nitrogens is 2. The van der Waals surface area contributed by atoms with Crippen molar-refractivity contribution in [3.05, 3.63) is 227 Å². The third kappa shape index (κ3) is 6.86. The van der Waals surface area contributed by atoms with Crippen LogP contribution in [-0.4, -0.2) is 22.3 Å². The molecule has 6 nitrogen and oxygen atoms in total. The summed E-state index contributed by atoms with van der Waals surface area (Å²) in [6, 6.07) is 69.0. The van der Waals surface area contributed by atoms with Gasteiger partial charge in [0.1, 0.15) is 24.7 Å². The van der Waals surface area contributed by atoms with Gasteiger partial charge in [-0.1, -0.05) is 146 Å². The highest BCUT2D eigenvalue weighted by atomic mass is 16.5. The molecule has 0 bridgehead atoms. The number of nitrogens with zero attached hydrogens (tertiary/aromatic N) is 2. The quantitative estimate of drug-likeness (QED) is 0.143. The molecule has 6 heteroatoms. The van der Waals surface area contributed by atoms with Crippen LogP contribution in [0.25, 0.3) is 86.7 Å². The first kappa shape index (κ1) is 38.7. The van der Waals surface area contributed by atoms with Crippen LogP contribution in [0.1, 0.15) is 0 Å². The third-order valence-electron chi connectivity index (χ3n) is 12.3. The van der Waals surface area contributed by atoms with Gasteiger partial charge in [-0.3, -0.25) is 9.59 Å². The summed E-state index contributed by atoms with van der Waals surface area (Å²) in [6.45, 7) is 2.27. The fourth-order valence-electron chi connectivity index (χ4n) is 9.37. The number of para-hydroxylation sites is 4. The first-order valence-corrected chi connectivity index (χ1v) is 21.7. The van der Waals surface area contributed by atoms with E-state index >= 15 is 0 Å². The topological polar surface area (TPSA) is 62.5 Å². The number of ether oxygens (including phenoxy) is 2. The summed E-state index contributed by atoms with van der Waals surface area (Å²) in [4.78, 5) is 26.0. The summed E-state index contributed by atoms with van der Waals surface area (Å²) < 4.78 is 17.3. The fourth-order valence-corrected chi connectivity index (χ4v) is 9.37. The predicted molar refractivity (Wildman–Crippen MR) is 265 cm³/mol. The normalized spacial score (nSPS) is 11.5. The van der Waals surface area contributed by atoms with Crippen molar-refractivity contribution < 1.29 is 9.47 Å². The molecule has 12 aromatic rings. The number of hydrogen-bond acceptors (Lipinski definition) is 4. The molecule has 2 heterocycles. The van der Waals surface area contributed by atoms with Crippen LogP contribution < -0.4 is 20.3 Å². The van der Waals surface area contributed by atoms with E-state index < -0.39 is 0 Å². The van der Waals surface area contributed by atoms with E-state index in [4.69, 9.17) is 9.47 Å². The van der Waals surface area contributed by atoms with Crippen LogP contribution in [-0.2, 0) is 13.1 Å². The Bertz CT molecular complexity index is 3390. The molecule has 0 aliphatic carbocycles. The molecule has 0 N–H and O–H groups in total. The van der Waals surface area contributed by atoms with Crippen molar-refractivity contribution in [2.45, 2.75) is 13.1 Å². The Morgan fingerprint density at radius 1 is 0.297 bits per heavy atom. The molecule has 0 radical (unpaired) electrons. The van der Waals surface area contributed by atoms with E-state index in [0.717, 1.165) is 76.7 Å². The molecular weight excluding hydrogens is 789 g/mol. The van der Waals surface area contributed by atoms with Crippen LogP contribution in [0.2, 0.25) is 0 Å². The standard InChI is InChI=1S/2C29H21NO2/c2*31-28-24-13-5-7-15-26(24)30(27-16-8-6-14-25(27)28)17-18-32-29-22-11-3-1-9-20(22)19-21-10-2-4-12-23(21)29/h2*1-16,19H,17-18H2. The van der Waals surface area contributed by atoms with E-state index in [1.807, 2.05) is 121 Å². The SMILES string of the molecule is O=c1c2ccccc2n(CCOc2c3ccccc3cc3ccccc23)c2ccccc12.O=c1c2ccccc2n(CCOc2c3ccccc3cc3ccccc23)c2ccccc12. The molecule has 0 atom stereocenters. The minimum Gasteiger partial charge on any atom is -0.490 e. The van der Waals surface area contributed by atoms with Crippen LogP contribution in [0.4, 0.5) is 0 Å². The lowest BCUT2D eigenvalue weighted by atomic mass is 10.0. The average molecular weight is 831 g/mol. The molecule has 0 spiro atoms. The molecule has 2 aromatic heterocycles. The summed E-state index contributed by atoms with van der Waals surface area (Å²) in [6.07, 6.45) is 0. The Labute approximate surface area is 368 Å². The zero-order chi connectivity index (χ0) is 43.0. The maximum Gasteiger partial charge on any atom is 0.197 e. The second kappa shape index (κ2) is 16.6. The number of fused-ring (bicyclic) bond motifs is 8. The molecule has 12 rings (SSSR count). The number of hydrogen-bond donors (Lipinski definition) is 0. The smallest absolute Gasteiger partial charge is 0.197 e. The van der Waals surface area contributed by atoms with Gasteiger partial charge in [-0.15, -0.1) is 0 Å². The van der Waals surface area contributed by atoms with Crippen molar-refractivity contribution in [1.29, 1.82) is 0 Å². The fraction of sp³-hybridized carbons (Fsp3) is 0.0690. The highest BCUT2D eigenvalue weighted by Gasteiger charge is 2.14. The van der Waals surface area contributed by atoms with E-state index in [2.05, 4.69) is 94.1 Å². The van der Waals surface area contributed by atoms with Gasteiger partial charge in [-0.05, 0) is 82.2 Å². The maximum atomic E-state index is 13.0. The first-order chi connectivity index (χ1) is 31.6.